The van der Waals surface area contributed by atoms with Crippen molar-refractivity contribution in [3.8, 4) is 0 Å². The van der Waals surface area contributed by atoms with E-state index in [1.165, 1.54) is 6.42 Å². The van der Waals surface area contributed by atoms with Gasteiger partial charge in [0.25, 0.3) is 0 Å². The van der Waals surface area contributed by atoms with Crippen molar-refractivity contribution in [1.82, 2.24) is 10.6 Å². The van der Waals surface area contributed by atoms with Crippen molar-refractivity contribution in [3.05, 3.63) is 0 Å². The molecule has 0 aromatic heterocycles. The number of guanidine groups is 1. The minimum absolute atomic E-state index is 0.414. The molecule has 0 bridgehead atoms. The Morgan fingerprint density at radius 3 is 3.12 bits per heavy atom. The van der Waals surface area contributed by atoms with Crippen LogP contribution in [0.1, 0.15) is 26.7 Å². The van der Waals surface area contributed by atoms with E-state index in [0.717, 1.165) is 38.6 Å². The van der Waals surface area contributed by atoms with Crippen LogP contribution in [0.25, 0.3) is 0 Å². The number of aliphatic imine (C=N–C) groups is 1. The highest BCUT2D eigenvalue weighted by atomic mass is 16.5. The molecule has 1 fully saturated rings. The first-order valence-corrected chi connectivity index (χ1v) is 6.41. The van der Waals surface area contributed by atoms with Crippen LogP contribution in [0.3, 0.4) is 0 Å². The van der Waals surface area contributed by atoms with Crippen LogP contribution in [0.5, 0.6) is 0 Å². The van der Waals surface area contributed by atoms with E-state index < -0.39 is 0 Å². The Balaban J connectivity index is 1.78. The molecule has 0 aromatic carbocycles. The SMILES string of the molecule is CC(C)C1OCCC1CNC1=NCCCN1. The van der Waals surface area contributed by atoms with E-state index in [1.807, 2.05) is 0 Å². The normalized spacial score (nSPS) is 30.1. The maximum atomic E-state index is 5.77. The summed E-state index contributed by atoms with van der Waals surface area (Å²) in [7, 11) is 0. The zero-order valence-electron chi connectivity index (χ0n) is 10.3. The average Bonchev–Trinajstić information content (AvgIpc) is 2.76. The standard InChI is InChI=1S/C12H23N3O/c1-9(2)11-10(4-7-16-11)8-15-12-13-5-3-6-14-12/h9-11H,3-8H2,1-2H3,(H2,13,14,15). The molecule has 4 heteroatoms. The molecule has 0 amide bonds. The van der Waals surface area contributed by atoms with E-state index in [-0.39, 0.29) is 0 Å². The predicted octanol–water partition coefficient (Wildman–Crippen LogP) is 0.986. The monoisotopic (exact) mass is 225 g/mol. The van der Waals surface area contributed by atoms with Crippen molar-refractivity contribution in [2.24, 2.45) is 16.8 Å². The maximum absolute atomic E-state index is 5.77. The third kappa shape index (κ3) is 2.88. The molecule has 16 heavy (non-hydrogen) atoms. The minimum atomic E-state index is 0.414. The lowest BCUT2D eigenvalue weighted by Crippen LogP contribution is -2.44. The predicted molar refractivity (Wildman–Crippen MR) is 65.6 cm³/mol. The van der Waals surface area contributed by atoms with Gasteiger partial charge in [-0.3, -0.25) is 4.99 Å². The van der Waals surface area contributed by atoms with Crippen molar-refractivity contribution < 1.29 is 4.74 Å². The van der Waals surface area contributed by atoms with Crippen LogP contribution in [-0.2, 0) is 4.74 Å². The number of nitrogens with zero attached hydrogens (tertiary/aromatic N) is 1. The summed E-state index contributed by atoms with van der Waals surface area (Å²) < 4.78 is 5.77. The van der Waals surface area contributed by atoms with Gasteiger partial charge in [-0.15, -0.1) is 0 Å². The van der Waals surface area contributed by atoms with Crippen molar-refractivity contribution in [2.45, 2.75) is 32.8 Å². The number of hydrogen-bond acceptors (Lipinski definition) is 4. The van der Waals surface area contributed by atoms with Crippen LogP contribution in [-0.4, -0.2) is 38.3 Å². The Hall–Kier alpha value is -0.770. The summed E-state index contributed by atoms with van der Waals surface area (Å²) in [5, 5.41) is 6.69. The Kier molecular flexibility index (Phi) is 4.04. The second-order valence-electron chi connectivity index (χ2n) is 5.02. The lowest BCUT2D eigenvalue weighted by molar-refractivity contribution is 0.0549. The highest BCUT2D eigenvalue weighted by Crippen LogP contribution is 2.25. The summed E-state index contributed by atoms with van der Waals surface area (Å²) in [6, 6.07) is 0. The number of nitrogens with one attached hydrogen (secondary N) is 2. The molecule has 2 unspecified atom stereocenters. The zero-order valence-corrected chi connectivity index (χ0v) is 10.3. The molecular weight excluding hydrogens is 202 g/mol. The molecule has 2 N–H and O–H groups in total. The van der Waals surface area contributed by atoms with Gasteiger partial charge in [0.2, 0.25) is 0 Å². The molecule has 2 heterocycles. The Labute approximate surface area is 97.9 Å². The third-order valence-electron chi connectivity index (χ3n) is 3.35. The summed E-state index contributed by atoms with van der Waals surface area (Å²) in [6.07, 6.45) is 2.73. The van der Waals surface area contributed by atoms with E-state index in [2.05, 4.69) is 29.5 Å². The van der Waals surface area contributed by atoms with Gasteiger partial charge < -0.3 is 15.4 Å². The molecule has 0 spiro atoms. The molecule has 0 saturated carbocycles. The van der Waals surface area contributed by atoms with Gasteiger partial charge in [-0.05, 0) is 18.8 Å². The van der Waals surface area contributed by atoms with Gasteiger partial charge in [-0.2, -0.15) is 0 Å². The number of ether oxygens (including phenoxy) is 1. The van der Waals surface area contributed by atoms with Crippen LogP contribution < -0.4 is 10.6 Å². The second-order valence-corrected chi connectivity index (χ2v) is 5.02. The number of hydrogen-bond donors (Lipinski definition) is 2. The first kappa shape index (κ1) is 11.7. The van der Waals surface area contributed by atoms with E-state index >= 15 is 0 Å². The van der Waals surface area contributed by atoms with Crippen LogP contribution in [0.15, 0.2) is 4.99 Å². The van der Waals surface area contributed by atoms with Gasteiger partial charge in [-0.1, -0.05) is 13.8 Å². The smallest absolute Gasteiger partial charge is 0.191 e. The Bertz CT molecular complexity index is 253. The third-order valence-corrected chi connectivity index (χ3v) is 3.35. The summed E-state index contributed by atoms with van der Waals surface area (Å²) in [6.45, 7) is 8.35. The van der Waals surface area contributed by atoms with Gasteiger partial charge in [0, 0.05) is 32.2 Å². The summed E-state index contributed by atoms with van der Waals surface area (Å²) in [5.74, 6) is 2.21. The van der Waals surface area contributed by atoms with Crippen LogP contribution in [0, 0.1) is 11.8 Å². The molecule has 1 saturated heterocycles. The molecule has 0 radical (unpaired) electrons. The molecule has 2 rings (SSSR count). The molecular formula is C12H23N3O. The fourth-order valence-corrected chi connectivity index (χ4v) is 2.49. The van der Waals surface area contributed by atoms with Crippen molar-refractivity contribution in [1.29, 1.82) is 0 Å². The highest BCUT2D eigenvalue weighted by molar-refractivity contribution is 5.80. The molecule has 2 atom stereocenters. The van der Waals surface area contributed by atoms with Gasteiger partial charge in [-0.25, -0.2) is 0 Å². The van der Waals surface area contributed by atoms with Gasteiger partial charge in [0.05, 0.1) is 6.10 Å². The topological polar surface area (TPSA) is 45.6 Å². The van der Waals surface area contributed by atoms with Gasteiger partial charge >= 0.3 is 0 Å². The van der Waals surface area contributed by atoms with Gasteiger partial charge in [0.1, 0.15) is 0 Å². The lowest BCUT2D eigenvalue weighted by Gasteiger charge is -2.24. The van der Waals surface area contributed by atoms with E-state index in [1.54, 1.807) is 0 Å². The molecule has 4 nitrogen and oxygen atoms in total. The highest BCUT2D eigenvalue weighted by Gasteiger charge is 2.30. The van der Waals surface area contributed by atoms with Crippen molar-refractivity contribution in [3.63, 3.8) is 0 Å². The Morgan fingerprint density at radius 1 is 1.56 bits per heavy atom. The first-order chi connectivity index (χ1) is 7.77. The fourth-order valence-electron chi connectivity index (χ4n) is 2.49. The molecule has 2 aliphatic rings. The number of rotatable bonds is 3. The van der Waals surface area contributed by atoms with Crippen molar-refractivity contribution >= 4 is 5.96 Å². The van der Waals surface area contributed by atoms with Gasteiger partial charge in [0.15, 0.2) is 5.96 Å². The van der Waals surface area contributed by atoms with Crippen LogP contribution in [0.4, 0.5) is 0 Å². The van der Waals surface area contributed by atoms with Crippen LogP contribution >= 0.6 is 0 Å². The average molecular weight is 225 g/mol. The zero-order chi connectivity index (χ0) is 11.4. The largest absolute Gasteiger partial charge is 0.378 e. The van der Waals surface area contributed by atoms with E-state index in [4.69, 9.17) is 4.74 Å². The Morgan fingerprint density at radius 2 is 2.44 bits per heavy atom. The van der Waals surface area contributed by atoms with E-state index in [0.29, 0.717) is 17.9 Å². The first-order valence-electron chi connectivity index (χ1n) is 6.41. The summed E-state index contributed by atoms with van der Waals surface area (Å²) >= 11 is 0. The minimum Gasteiger partial charge on any atom is -0.378 e. The molecule has 92 valence electrons. The second kappa shape index (κ2) is 5.53. The van der Waals surface area contributed by atoms with Crippen LogP contribution in [0.2, 0.25) is 0 Å². The molecule has 0 aromatic rings. The summed E-state index contributed by atoms with van der Waals surface area (Å²) in [4.78, 5) is 4.41. The maximum Gasteiger partial charge on any atom is 0.191 e. The lowest BCUT2D eigenvalue weighted by atomic mass is 9.93. The fraction of sp³-hybridized carbons (Fsp3) is 0.917. The van der Waals surface area contributed by atoms with E-state index in [9.17, 15) is 0 Å². The quantitative estimate of drug-likeness (QED) is 0.753. The molecule has 2 aliphatic heterocycles. The van der Waals surface area contributed by atoms with Crippen molar-refractivity contribution in [2.75, 3.05) is 26.2 Å². The summed E-state index contributed by atoms with van der Waals surface area (Å²) in [5.41, 5.74) is 0. The molecule has 0 aliphatic carbocycles.